The zero-order chi connectivity index (χ0) is 16.1. The summed E-state index contributed by atoms with van der Waals surface area (Å²) in [5.41, 5.74) is 3.19. The largest absolute Gasteiger partial charge is 0.455 e. The van der Waals surface area contributed by atoms with Crippen molar-refractivity contribution in [1.29, 1.82) is 0 Å². The number of esters is 1. The van der Waals surface area contributed by atoms with Gasteiger partial charge >= 0.3 is 5.97 Å². The van der Waals surface area contributed by atoms with Crippen LogP contribution in [0.1, 0.15) is 55.4 Å². The summed E-state index contributed by atoms with van der Waals surface area (Å²) in [6.45, 7) is 5.55. The number of aryl methyl sites for hydroxylation is 2. The number of halogens is 1. The fraction of sp³-hybridized carbons (Fsp3) is 0.529. The molecule has 0 saturated carbocycles. The van der Waals surface area contributed by atoms with Gasteiger partial charge in [-0.05, 0) is 58.1 Å². The number of fused-ring (bicyclic) bond motifs is 3. The second kappa shape index (κ2) is 5.27. The summed E-state index contributed by atoms with van der Waals surface area (Å²) in [6.07, 6.45) is 4.42. The molecule has 2 aromatic heterocycles. The lowest BCUT2D eigenvalue weighted by Crippen LogP contribution is -2.25. The molecule has 1 aliphatic rings. The summed E-state index contributed by atoms with van der Waals surface area (Å²) in [6, 6.07) is 1.87. The molecular formula is C17H21ClN2O2. The Morgan fingerprint density at radius 3 is 2.68 bits per heavy atom. The van der Waals surface area contributed by atoms with Gasteiger partial charge in [-0.25, -0.2) is 9.78 Å². The summed E-state index contributed by atoms with van der Waals surface area (Å²) in [4.78, 5) is 16.8. The molecule has 0 unspecified atom stereocenters. The highest BCUT2D eigenvalue weighted by Crippen LogP contribution is 2.34. The van der Waals surface area contributed by atoms with Gasteiger partial charge in [0.15, 0.2) is 5.69 Å². The maximum atomic E-state index is 12.5. The lowest BCUT2D eigenvalue weighted by atomic mass is 9.96. The summed E-state index contributed by atoms with van der Waals surface area (Å²) >= 11 is 6.16. The summed E-state index contributed by atoms with van der Waals surface area (Å²) in [5, 5.41) is 1.38. The van der Waals surface area contributed by atoms with E-state index in [9.17, 15) is 4.79 Å². The third-order valence-electron chi connectivity index (χ3n) is 4.06. The van der Waals surface area contributed by atoms with Crippen molar-refractivity contribution in [3.8, 4) is 0 Å². The van der Waals surface area contributed by atoms with Crippen molar-refractivity contribution in [2.45, 2.75) is 52.1 Å². The van der Waals surface area contributed by atoms with Crippen LogP contribution in [0.15, 0.2) is 6.07 Å². The first-order valence-electron chi connectivity index (χ1n) is 7.68. The van der Waals surface area contributed by atoms with Gasteiger partial charge in [-0.1, -0.05) is 11.6 Å². The van der Waals surface area contributed by atoms with Gasteiger partial charge in [-0.3, -0.25) is 0 Å². The van der Waals surface area contributed by atoms with Gasteiger partial charge in [0.2, 0.25) is 0 Å². The highest BCUT2D eigenvalue weighted by Gasteiger charge is 2.27. The summed E-state index contributed by atoms with van der Waals surface area (Å²) in [7, 11) is 2.00. The van der Waals surface area contributed by atoms with Crippen molar-refractivity contribution in [2.75, 3.05) is 0 Å². The van der Waals surface area contributed by atoms with Crippen LogP contribution < -0.4 is 0 Å². The number of pyridine rings is 1. The Kier molecular flexibility index (Phi) is 3.68. The molecule has 0 spiro atoms. The quantitative estimate of drug-likeness (QED) is 0.588. The van der Waals surface area contributed by atoms with E-state index in [0.717, 1.165) is 23.7 Å². The van der Waals surface area contributed by atoms with E-state index in [-0.39, 0.29) is 0 Å². The molecule has 118 valence electrons. The van der Waals surface area contributed by atoms with Crippen LogP contribution in [0.5, 0.6) is 0 Å². The molecule has 22 heavy (non-hydrogen) atoms. The molecule has 0 atom stereocenters. The van der Waals surface area contributed by atoms with Crippen LogP contribution in [0, 0.1) is 0 Å². The Morgan fingerprint density at radius 1 is 1.32 bits per heavy atom. The van der Waals surface area contributed by atoms with E-state index in [1.54, 1.807) is 0 Å². The van der Waals surface area contributed by atoms with Crippen LogP contribution >= 0.6 is 11.6 Å². The number of rotatable bonds is 1. The van der Waals surface area contributed by atoms with Crippen molar-refractivity contribution < 1.29 is 9.53 Å². The molecular weight excluding hydrogens is 300 g/mol. The van der Waals surface area contributed by atoms with Gasteiger partial charge in [0.1, 0.15) is 10.8 Å². The Morgan fingerprint density at radius 2 is 2.00 bits per heavy atom. The highest BCUT2D eigenvalue weighted by molar-refractivity contribution is 6.30. The first-order valence-corrected chi connectivity index (χ1v) is 8.06. The minimum atomic E-state index is -0.557. The molecule has 0 fully saturated rings. The Bertz CT molecular complexity index is 756. The van der Waals surface area contributed by atoms with Gasteiger partial charge in [0, 0.05) is 18.1 Å². The van der Waals surface area contributed by atoms with Crippen molar-refractivity contribution in [3.63, 3.8) is 0 Å². The van der Waals surface area contributed by atoms with Crippen LogP contribution in [-0.4, -0.2) is 21.1 Å². The number of hydrogen-bond donors (Lipinski definition) is 0. The number of aromatic nitrogens is 2. The topological polar surface area (TPSA) is 44.1 Å². The Hall–Kier alpha value is -1.55. The zero-order valence-electron chi connectivity index (χ0n) is 13.5. The van der Waals surface area contributed by atoms with Crippen molar-refractivity contribution in [2.24, 2.45) is 7.05 Å². The molecule has 3 rings (SSSR count). The fourth-order valence-corrected chi connectivity index (χ4v) is 3.42. The summed E-state index contributed by atoms with van der Waals surface area (Å²) < 4.78 is 7.59. The van der Waals surface area contributed by atoms with Crippen LogP contribution in [0.4, 0.5) is 0 Å². The number of carbonyl (C=O) groups excluding carboxylic acids is 1. The average molecular weight is 321 g/mol. The first kappa shape index (κ1) is 15.3. The van der Waals surface area contributed by atoms with E-state index in [1.807, 2.05) is 33.9 Å². The zero-order valence-corrected chi connectivity index (χ0v) is 14.3. The van der Waals surface area contributed by atoms with Gasteiger partial charge in [-0.15, -0.1) is 0 Å². The molecule has 0 radical (unpaired) electrons. The molecule has 2 aromatic rings. The van der Waals surface area contributed by atoms with E-state index in [1.165, 1.54) is 24.1 Å². The number of nitrogens with zero attached hydrogens (tertiary/aromatic N) is 2. The number of carbonyl (C=O) groups is 1. The average Bonchev–Trinajstić information content (AvgIpc) is 2.70. The molecule has 5 heteroatoms. The molecule has 1 aliphatic carbocycles. The lowest BCUT2D eigenvalue weighted by Gasteiger charge is -2.19. The SMILES string of the molecule is Cn1c2c(c3cc(Cl)nc(C(=O)OC(C)(C)C)c31)CCCC2. The van der Waals surface area contributed by atoms with Crippen LogP contribution in [0.3, 0.4) is 0 Å². The Balaban J connectivity index is 2.22. The van der Waals surface area contributed by atoms with Crippen molar-refractivity contribution in [1.82, 2.24) is 9.55 Å². The molecule has 0 bridgehead atoms. The van der Waals surface area contributed by atoms with Crippen LogP contribution in [0.25, 0.3) is 10.9 Å². The smallest absolute Gasteiger partial charge is 0.359 e. The van der Waals surface area contributed by atoms with Crippen LogP contribution in [0.2, 0.25) is 5.15 Å². The maximum Gasteiger partial charge on any atom is 0.359 e. The molecule has 0 N–H and O–H groups in total. The predicted molar refractivity (Wildman–Crippen MR) is 87.5 cm³/mol. The van der Waals surface area contributed by atoms with E-state index < -0.39 is 11.6 Å². The normalized spacial score (nSPS) is 15.0. The second-order valence-electron chi connectivity index (χ2n) is 6.88. The first-order chi connectivity index (χ1) is 10.3. The minimum absolute atomic E-state index is 0.314. The standard InChI is InChI=1S/C17H21ClN2O2/c1-17(2,3)22-16(21)14-15-11(9-13(18)19-14)10-7-5-6-8-12(10)20(15)4/h9H,5-8H2,1-4H3. The van der Waals surface area contributed by atoms with Gasteiger partial charge in [-0.2, -0.15) is 0 Å². The third-order valence-corrected chi connectivity index (χ3v) is 4.25. The molecule has 0 saturated heterocycles. The molecule has 4 nitrogen and oxygen atoms in total. The minimum Gasteiger partial charge on any atom is -0.455 e. The lowest BCUT2D eigenvalue weighted by molar-refractivity contribution is 0.00649. The predicted octanol–water partition coefficient (Wildman–Crippen LogP) is 4.06. The van der Waals surface area contributed by atoms with E-state index in [4.69, 9.17) is 16.3 Å². The van der Waals surface area contributed by atoms with E-state index in [2.05, 4.69) is 9.55 Å². The van der Waals surface area contributed by atoms with E-state index >= 15 is 0 Å². The maximum absolute atomic E-state index is 12.5. The van der Waals surface area contributed by atoms with Crippen molar-refractivity contribution in [3.05, 3.63) is 28.2 Å². The second-order valence-corrected chi connectivity index (χ2v) is 7.27. The van der Waals surface area contributed by atoms with E-state index in [0.29, 0.717) is 10.8 Å². The van der Waals surface area contributed by atoms with Gasteiger partial charge in [0.25, 0.3) is 0 Å². The van der Waals surface area contributed by atoms with Crippen LogP contribution in [-0.2, 0) is 24.6 Å². The molecule has 0 amide bonds. The molecule has 0 aromatic carbocycles. The molecule has 0 aliphatic heterocycles. The highest BCUT2D eigenvalue weighted by atomic mass is 35.5. The third kappa shape index (κ3) is 2.60. The number of ether oxygens (including phenoxy) is 1. The number of hydrogen-bond acceptors (Lipinski definition) is 3. The fourth-order valence-electron chi connectivity index (χ4n) is 3.23. The Labute approximate surface area is 135 Å². The summed E-state index contributed by atoms with van der Waals surface area (Å²) in [5.74, 6) is -0.419. The van der Waals surface area contributed by atoms with Crippen molar-refractivity contribution >= 4 is 28.5 Å². The monoisotopic (exact) mass is 320 g/mol. The van der Waals surface area contributed by atoms with Gasteiger partial charge < -0.3 is 9.30 Å². The van der Waals surface area contributed by atoms with Gasteiger partial charge in [0.05, 0.1) is 5.52 Å². The molecule has 2 heterocycles.